The van der Waals surface area contributed by atoms with Crippen molar-refractivity contribution in [2.75, 3.05) is 11.6 Å². The summed E-state index contributed by atoms with van der Waals surface area (Å²) in [6, 6.07) is 16.5. The highest BCUT2D eigenvalue weighted by atomic mass is 32.2. The summed E-state index contributed by atoms with van der Waals surface area (Å²) in [6.07, 6.45) is 2.99. The second-order valence-electron chi connectivity index (χ2n) is 7.16. The van der Waals surface area contributed by atoms with E-state index in [0.717, 1.165) is 39.7 Å². The predicted molar refractivity (Wildman–Crippen MR) is 124 cm³/mol. The van der Waals surface area contributed by atoms with Crippen LogP contribution in [0.2, 0.25) is 0 Å². The molecule has 4 aromatic rings. The Hall–Kier alpha value is -3.61. The van der Waals surface area contributed by atoms with Crippen molar-refractivity contribution in [3.8, 4) is 16.6 Å². The van der Waals surface area contributed by atoms with Crippen molar-refractivity contribution in [3.63, 3.8) is 0 Å². The largest absolute Gasteiger partial charge is 0.322 e. The van der Waals surface area contributed by atoms with E-state index in [1.165, 1.54) is 23.0 Å². The van der Waals surface area contributed by atoms with E-state index in [9.17, 15) is 13.2 Å². The first kappa shape index (κ1) is 21.6. The molecule has 0 saturated carbocycles. The van der Waals surface area contributed by atoms with Crippen LogP contribution in [0.15, 0.2) is 59.6 Å². The van der Waals surface area contributed by atoms with Crippen LogP contribution in [-0.4, -0.2) is 30.5 Å². The van der Waals surface area contributed by atoms with E-state index in [2.05, 4.69) is 34.3 Å². The maximum Gasteiger partial charge on any atom is 0.257 e. The number of thiazole rings is 1. The molecule has 0 aliphatic heterocycles. The third-order valence-corrected chi connectivity index (χ3v) is 7.07. The zero-order valence-corrected chi connectivity index (χ0v) is 18.9. The lowest BCUT2D eigenvalue weighted by molar-refractivity contribution is 0.102. The third-order valence-electron chi connectivity index (χ3n) is 4.88. The Balaban J connectivity index is 1.65. The van der Waals surface area contributed by atoms with E-state index in [1.807, 2.05) is 18.2 Å². The Morgan fingerprint density at radius 3 is 2.56 bits per heavy atom. The van der Waals surface area contributed by atoms with Crippen LogP contribution in [0.4, 0.5) is 5.69 Å². The molecule has 0 fully saturated rings. The van der Waals surface area contributed by atoms with Gasteiger partial charge in [-0.3, -0.25) is 4.79 Å². The van der Waals surface area contributed by atoms with Gasteiger partial charge in [0.1, 0.15) is 16.8 Å². The van der Waals surface area contributed by atoms with Gasteiger partial charge in [0.25, 0.3) is 5.91 Å². The lowest BCUT2D eigenvalue weighted by Gasteiger charge is -2.09. The fourth-order valence-corrected chi connectivity index (χ4v) is 4.99. The minimum atomic E-state index is -3.70. The first-order valence-electron chi connectivity index (χ1n) is 9.70. The minimum Gasteiger partial charge on any atom is -0.322 e. The fourth-order valence-electron chi connectivity index (χ4n) is 3.18. The number of nitriles is 1. The molecule has 2 aromatic carbocycles. The molecule has 0 unspecified atom stereocenters. The second kappa shape index (κ2) is 8.49. The molecular weight excluding hydrogens is 444 g/mol. The summed E-state index contributed by atoms with van der Waals surface area (Å²) < 4.78 is 25.0. The molecule has 1 N–H and O–H groups in total. The molecular formula is C23H18N4O3S2. The van der Waals surface area contributed by atoms with Crippen molar-refractivity contribution in [3.05, 3.63) is 71.5 Å². The molecule has 0 atom stereocenters. The van der Waals surface area contributed by atoms with Gasteiger partial charge in [0.15, 0.2) is 9.84 Å². The Morgan fingerprint density at radius 2 is 1.91 bits per heavy atom. The molecule has 160 valence electrons. The van der Waals surface area contributed by atoms with E-state index in [0.29, 0.717) is 5.69 Å². The number of sulfone groups is 1. The summed E-state index contributed by atoms with van der Waals surface area (Å²) in [5.41, 5.74) is 3.40. The molecule has 0 bridgehead atoms. The average Bonchev–Trinajstić information content (AvgIpc) is 3.21. The van der Waals surface area contributed by atoms with E-state index in [4.69, 9.17) is 5.26 Å². The van der Waals surface area contributed by atoms with Crippen molar-refractivity contribution < 1.29 is 13.2 Å². The van der Waals surface area contributed by atoms with Crippen LogP contribution in [-0.2, 0) is 16.3 Å². The molecule has 0 radical (unpaired) electrons. The van der Waals surface area contributed by atoms with Crippen molar-refractivity contribution in [2.24, 2.45) is 0 Å². The van der Waals surface area contributed by atoms with Gasteiger partial charge in [-0.2, -0.15) is 5.26 Å². The Bertz CT molecular complexity index is 1480. The minimum absolute atomic E-state index is 0.0424. The lowest BCUT2D eigenvalue weighted by Crippen LogP contribution is -2.17. The van der Waals surface area contributed by atoms with Crippen molar-refractivity contribution >= 4 is 43.0 Å². The van der Waals surface area contributed by atoms with Crippen LogP contribution in [0.25, 0.3) is 20.8 Å². The van der Waals surface area contributed by atoms with Gasteiger partial charge in [0, 0.05) is 23.7 Å². The fraction of sp³-hybridized carbons (Fsp3) is 0.130. The molecule has 1 amide bonds. The van der Waals surface area contributed by atoms with Crippen molar-refractivity contribution in [2.45, 2.75) is 18.2 Å². The smallest absolute Gasteiger partial charge is 0.257 e. The first-order valence-corrected chi connectivity index (χ1v) is 12.4. The van der Waals surface area contributed by atoms with Gasteiger partial charge in [-0.15, -0.1) is 11.3 Å². The molecule has 4 rings (SSSR count). The number of nitrogens with one attached hydrogen (secondary N) is 1. The predicted octanol–water partition coefficient (Wildman–Crippen LogP) is 4.45. The van der Waals surface area contributed by atoms with E-state index >= 15 is 0 Å². The van der Waals surface area contributed by atoms with E-state index in [1.54, 1.807) is 18.2 Å². The van der Waals surface area contributed by atoms with E-state index in [-0.39, 0.29) is 16.2 Å². The Kier molecular flexibility index (Phi) is 5.74. The highest BCUT2D eigenvalue weighted by molar-refractivity contribution is 7.90. The number of aromatic nitrogens is 2. The summed E-state index contributed by atoms with van der Waals surface area (Å²) in [4.78, 5) is 21.1. The normalized spacial score (nSPS) is 11.3. The van der Waals surface area contributed by atoms with Crippen LogP contribution < -0.4 is 5.32 Å². The van der Waals surface area contributed by atoms with Gasteiger partial charge in [-0.25, -0.2) is 18.4 Å². The van der Waals surface area contributed by atoms with Crippen LogP contribution in [0.1, 0.15) is 28.5 Å². The number of fused-ring (bicyclic) bond motifs is 1. The number of carbonyl (C=O) groups is 1. The number of benzene rings is 2. The van der Waals surface area contributed by atoms with Crippen LogP contribution >= 0.6 is 11.3 Å². The zero-order valence-electron chi connectivity index (χ0n) is 17.3. The molecule has 7 nitrogen and oxygen atoms in total. The number of carbonyl (C=O) groups excluding carboxylic acids is 1. The summed E-state index contributed by atoms with van der Waals surface area (Å²) in [7, 11) is -3.70. The molecule has 9 heteroatoms. The molecule has 0 aliphatic carbocycles. The Morgan fingerprint density at radius 1 is 1.16 bits per heavy atom. The summed E-state index contributed by atoms with van der Waals surface area (Å²) in [6.45, 7) is 2.11. The average molecular weight is 463 g/mol. The first-order chi connectivity index (χ1) is 15.3. The molecule has 32 heavy (non-hydrogen) atoms. The molecule has 0 aliphatic rings. The number of rotatable bonds is 5. The van der Waals surface area contributed by atoms with Crippen LogP contribution in [0.3, 0.4) is 0 Å². The van der Waals surface area contributed by atoms with Crippen molar-refractivity contribution in [1.82, 2.24) is 9.97 Å². The van der Waals surface area contributed by atoms with E-state index < -0.39 is 15.7 Å². The summed E-state index contributed by atoms with van der Waals surface area (Å²) >= 11 is 1.50. The molecule has 0 saturated heterocycles. The molecule has 0 spiro atoms. The van der Waals surface area contributed by atoms with Gasteiger partial charge in [-0.05, 0) is 36.2 Å². The van der Waals surface area contributed by atoms with Gasteiger partial charge < -0.3 is 5.32 Å². The maximum atomic E-state index is 12.8. The number of hydrogen-bond donors (Lipinski definition) is 1. The van der Waals surface area contributed by atoms with Gasteiger partial charge >= 0.3 is 0 Å². The summed E-state index contributed by atoms with van der Waals surface area (Å²) in [5.74, 6) is -0.636. The maximum absolute atomic E-state index is 12.8. The quantitative estimate of drug-likeness (QED) is 0.469. The molecule has 2 heterocycles. The number of amides is 1. The number of nitrogens with zero attached hydrogens (tertiary/aromatic N) is 3. The Labute approximate surface area is 189 Å². The third kappa shape index (κ3) is 4.37. The topological polar surface area (TPSA) is 113 Å². The number of hydrogen-bond acceptors (Lipinski definition) is 7. The van der Waals surface area contributed by atoms with Gasteiger partial charge in [0.05, 0.1) is 20.7 Å². The van der Waals surface area contributed by atoms with Gasteiger partial charge in [0.2, 0.25) is 0 Å². The number of anilines is 1. The van der Waals surface area contributed by atoms with Gasteiger partial charge in [-0.1, -0.05) is 31.2 Å². The molecule has 2 aromatic heterocycles. The highest BCUT2D eigenvalue weighted by Crippen LogP contribution is 2.32. The second-order valence-corrected chi connectivity index (χ2v) is 10.2. The zero-order chi connectivity index (χ0) is 22.9. The monoisotopic (exact) mass is 462 g/mol. The standard InChI is InChI=1S/C23H18N4O3S2/c1-3-14-4-6-15(7-5-14)23-27-19-9-8-16(11-20(19)31-23)26-22(28)18-10-17(12-24)25-13-21(18)32(2,29)30/h4-11,13H,3H2,1-2H3,(H,26,28). The lowest BCUT2D eigenvalue weighted by atomic mass is 10.1. The summed E-state index contributed by atoms with van der Waals surface area (Å²) in [5, 5.41) is 12.7. The van der Waals surface area contributed by atoms with Crippen LogP contribution in [0, 0.1) is 11.3 Å². The number of pyridine rings is 1. The SMILES string of the molecule is CCc1ccc(-c2nc3ccc(NC(=O)c4cc(C#N)ncc4S(C)(=O)=O)cc3s2)cc1. The highest BCUT2D eigenvalue weighted by Gasteiger charge is 2.21. The number of aryl methyl sites for hydroxylation is 1. The van der Waals surface area contributed by atoms with Crippen molar-refractivity contribution in [1.29, 1.82) is 5.26 Å². The van der Waals surface area contributed by atoms with Crippen LogP contribution in [0.5, 0.6) is 0 Å².